The van der Waals surface area contributed by atoms with Crippen LogP contribution in [-0.2, 0) is 9.59 Å². The Balaban J connectivity index is 3.15. The standard InChI is InChI=1S/C6H4N2O2S/c1-11-4-3(2-7)5(9)8-6(4)10/h1H3,(H,8,9,10). The number of hydrogen-bond acceptors (Lipinski definition) is 4. The molecule has 0 aromatic carbocycles. The van der Waals surface area contributed by atoms with Gasteiger partial charge in [0.2, 0.25) is 0 Å². The van der Waals surface area contributed by atoms with Crippen LogP contribution in [0, 0.1) is 11.3 Å². The highest BCUT2D eigenvalue weighted by molar-refractivity contribution is 8.03. The van der Waals surface area contributed by atoms with Gasteiger partial charge in [0, 0.05) is 0 Å². The van der Waals surface area contributed by atoms with Crippen molar-refractivity contribution in [2.75, 3.05) is 6.26 Å². The summed E-state index contributed by atoms with van der Waals surface area (Å²) >= 11 is 1.10. The van der Waals surface area contributed by atoms with Gasteiger partial charge in [0.1, 0.15) is 11.6 Å². The number of carbonyl (C=O) groups is 2. The first-order chi connectivity index (χ1) is 5.20. The molecule has 0 bridgehead atoms. The molecule has 5 heteroatoms. The van der Waals surface area contributed by atoms with Crippen molar-refractivity contribution in [1.29, 1.82) is 5.26 Å². The summed E-state index contributed by atoms with van der Waals surface area (Å²) in [6.07, 6.45) is 1.64. The van der Waals surface area contributed by atoms with Crippen molar-refractivity contribution in [2.45, 2.75) is 0 Å². The Morgan fingerprint density at radius 1 is 1.45 bits per heavy atom. The molecule has 0 radical (unpaired) electrons. The summed E-state index contributed by atoms with van der Waals surface area (Å²) in [5, 5.41) is 10.4. The minimum Gasteiger partial charge on any atom is -0.287 e. The molecule has 56 valence electrons. The summed E-state index contributed by atoms with van der Waals surface area (Å²) in [6.45, 7) is 0. The Hall–Kier alpha value is -1.28. The van der Waals surface area contributed by atoms with Crippen molar-refractivity contribution in [1.82, 2.24) is 5.32 Å². The number of thioether (sulfide) groups is 1. The molecule has 0 saturated heterocycles. The predicted octanol–water partition coefficient (Wildman–Crippen LogP) is -0.217. The molecule has 0 aliphatic carbocycles. The van der Waals surface area contributed by atoms with E-state index in [0.717, 1.165) is 11.8 Å². The van der Waals surface area contributed by atoms with Crippen molar-refractivity contribution in [3.63, 3.8) is 0 Å². The Morgan fingerprint density at radius 2 is 2.09 bits per heavy atom. The summed E-state index contributed by atoms with van der Waals surface area (Å²) in [5.74, 6) is -1.07. The van der Waals surface area contributed by atoms with Crippen molar-refractivity contribution in [3.8, 4) is 6.07 Å². The van der Waals surface area contributed by atoms with Crippen LogP contribution < -0.4 is 5.32 Å². The van der Waals surface area contributed by atoms with Crippen LogP contribution in [0.3, 0.4) is 0 Å². The molecule has 1 heterocycles. The van der Waals surface area contributed by atoms with E-state index in [1.54, 1.807) is 12.3 Å². The van der Waals surface area contributed by atoms with Crippen LogP contribution in [-0.4, -0.2) is 18.1 Å². The molecule has 11 heavy (non-hydrogen) atoms. The number of hydrogen-bond donors (Lipinski definition) is 1. The second-order valence-corrected chi connectivity index (χ2v) is 2.62. The maximum Gasteiger partial charge on any atom is 0.270 e. The number of nitriles is 1. The van der Waals surface area contributed by atoms with E-state index in [9.17, 15) is 9.59 Å². The van der Waals surface area contributed by atoms with Crippen molar-refractivity contribution >= 4 is 23.6 Å². The van der Waals surface area contributed by atoms with Gasteiger partial charge in [0.25, 0.3) is 11.8 Å². The summed E-state index contributed by atoms with van der Waals surface area (Å²) in [4.78, 5) is 21.8. The highest BCUT2D eigenvalue weighted by atomic mass is 32.2. The minimum atomic E-state index is -0.596. The Labute approximate surface area is 67.3 Å². The van der Waals surface area contributed by atoms with Gasteiger partial charge in [-0.05, 0) is 6.26 Å². The lowest BCUT2D eigenvalue weighted by Gasteiger charge is -1.88. The van der Waals surface area contributed by atoms with Gasteiger partial charge in [-0.1, -0.05) is 0 Å². The summed E-state index contributed by atoms with van der Waals surface area (Å²) in [7, 11) is 0. The van der Waals surface area contributed by atoms with E-state index < -0.39 is 11.8 Å². The molecule has 1 aliphatic rings. The molecule has 1 N–H and O–H groups in total. The molecular formula is C6H4N2O2S. The average Bonchev–Trinajstić information content (AvgIpc) is 2.24. The highest BCUT2D eigenvalue weighted by Crippen LogP contribution is 2.21. The van der Waals surface area contributed by atoms with E-state index in [0.29, 0.717) is 0 Å². The van der Waals surface area contributed by atoms with Crippen LogP contribution in [0.4, 0.5) is 0 Å². The van der Waals surface area contributed by atoms with Crippen LogP contribution in [0.15, 0.2) is 10.5 Å². The number of imide groups is 1. The topological polar surface area (TPSA) is 70.0 Å². The fraction of sp³-hybridized carbons (Fsp3) is 0.167. The quantitative estimate of drug-likeness (QED) is 0.550. The van der Waals surface area contributed by atoms with Gasteiger partial charge in [0.15, 0.2) is 0 Å². The average molecular weight is 168 g/mol. The molecule has 2 amide bonds. The second-order valence-electron chi connectivity index (χ2n) is 1.80. The number of nitrogens with one attached hydrogen (secondary N) is 1. The Kier molecular flexibility index (Phi) is 1.96. The van der Waals surface area contributed by atoms with Crippen molar-refractivity contribution in [3.05, 3.63) is 10.5 Å². The first-order valence-electron chi connectivity index (χ1n) is 2.74. The Bertz CT molecular complexity index is 300. The third-order valence-corrected chi connectivity index (χ3v) is 2.00. The van der Waals surface area contributed by atoms with Crippen LogP contribution in [0.5, 0.6) is 0 Å². The predicted molar refractivity (Wildman–Crippen MR) is 39.3 cm³/mol. The zero-order valence-electron chi connectivity index (χ0n) is 5.67. The largest absolute Gasteiger partial charge is 0.287 e. The highest BCUT2D eigenvalue weighted by Gasteiger charge is 2.29. The maximum absolute atomic E-state index is 10.8. The van der Waals surface area contributed by atoms with E-state index in [-0.39, 0.29) is 10.5 Å². The van der Waals surface area contributed by atoms with Crippen LogP contribution >= 0.6 is 11.8 Å². The molecule has 0 aromatic heterocycles. The van der Waals surface area contributed by atoms with Crippen molar-refractivity contribution in [2.24, 2.45) is 0 Å². The smallest absolute Gasteiger partial charge is 0.270 e. The first kappa shape index (κ1) is 7.82. The lowest BCUT2D eigenvalue weighted by molar-refractivity contribution is -0.123. The number of carbonyl (C=O) groups excluding carboxylic acids is 2. The maximum atomic E-state index is 10.8. The van der Waals surface area contributed by atoms with E-state index in [2.05, 4.69) is 0 Å². The zero-order chi connectivity index (χ0) is 8.43. The van der Waals surface area contributed by atoms with Crippen LogP contribution in [0.1, 0.15) is 0 Å². The first-order valence-corrected chi connectivity index (χ1v) is 3.97. The molecule has 1 rings (SSSR count). The van der Waals surface area contributed by atoms with Gasteiger partial charge in [-0.3, -0.25) is 14.9 Å². The second kappa shape index (κ2) is 2.76. The van der Waals surface area contributed by atoms with E-state index in [4.69, 9.17) is 5.26 Å². The monoisotopic (exact) mass is 168 g/mol. The van der Waals surface area contributed by atoms with Gasteiger partial charge in [-0.25, -0.2) is 0 Å². The molecule has 4 nitrogen and oxygen atoms in total. The SMILES string of the molecule is CSC1=C(C#N)C(=O)NC1=O. The van der Waals surface area contributed by atoms with Gasteiger partial charge >= 0.3 is 0 Å². The molecule has 1 aliphatic heterocycles. The summed E-state index contributed by atoms with van der Waals surface area (Å²) in [6, 6.07) is 1.67. The van der Waals surface area contributed by atoms with E-state index in [1.807, 2.05) is 5.32 Å². The van der Waals surface area contributed by atoms with E-state index >= 15 is 0 Å². The number of nitrogens with zero attached hydrogens (tertiary/aromatic N) is 1. The number of amides is 2. The van der Waals surface area contributed by atoms with Gasteiger partial charge in [0.05, 0.1) is 4.91 Å². The third-order valence-electron chi connectivity index (χ3n) is 1.20. The summed E-state index contributed by atoms with van der Waals surface area (Å²) in [5.41, 5.74) is -0.0810. The molecule has 0 unspecified atom stereocenters. The lowest BCUT2D eigenvalue weighted by atomic mass is 10.3. The van der Waals surface area contributed by atoms with E-state index in [1.165, 1.54) is 0 Å². The normalized spacial score (nSPS) is 16.7. The minimum absolute atomic E-state index is 0.0810. The molecule has 0 spiro atoms. The number of rotatable bonds is 1. The molecule has 0 saturated carbocycles. The Morgan fingerprint density at radius 3 is 2.45 bits per heavy atom. The lowest BCUT2D eigenvalue weighted by Crippen LogP contribution is -2.22. The molecule has 0 atom stereocenters. The fourth-order valence-electron chi connectivity index (χ4n) is 0.735. The molecular weight excluding hydrogens is 164 g/mol. The van der Waals surface area contributed by atoms with Gasteiger partial charge in [-0.15, -0.1) is 11.8 Å². The van der Waals surface area contributed by atoms with Crippen LogP contribution in [0.2, 0.25) is 0 Å². The molecule has 0 fully saturated rings. The fourth-order valence-corrected chi connectivity index (χ4v) is 1.31. The van der Waals surface area contributed by atoms with Gasteiger partial charge in [-0.2, -0.15) is 5.26 Å². The van der Waals surface area contributed by atoms with Crippen LogP contribution in [0.25, 0.3) is 0 Å². The van der Waals surface area contributed by atoms with Crippen molar-refractivity contribution < 1.29 is 9.59 Å². The van der Waals surface area contributed by atoms with Gasteiger partial charge < -0.3 is 0 Å². The zero-order valence-corrected chi connectivity index (χ0v) is 6.49. The summed E-state index contributed by atoms with van der Waals surface area (Å²) < 4.78 is 0. The molecule has 0 aromatic rings. The third kappa shape index (κ3) is 1.12.